The van der Waals surface area contributed by atoms with Gasteiger partial charge in [0.25, 0.3) is 0 Å². The van der Waals surface area contributed by atoms with E-state index < -0.39 is 5.82 Å². The molecule has 0 aliphatic heterocycles. The highest BCUT2D eigenvalue weighted by Gasteiger charge is 2.15. The van der Waals surface area contributed by atoms with E-state index in [4.69, 9.17) is 9.47 Å². The van der Waals surface area contributed by atoms with Gasteiger partial charge in [0, 0.05) is 11.1 Å². The van der Waals surface area contributed by atoms with E-state index in [9.17, 15) is 9.18 Å². The van der Waals surface area contributed by atoms with Crippen LogP contribution in [0.15, 0.2) is 30.3 Å². The SMILES string of the molecule is COc1ccc(C(=O)c2cc(C)c(OC)c(C)c2)cc1F. The molecule has 0 unspecified atom stereocenters. The number of carbonyl (C=O) groups excluding carboxylic acids is 1. The Hall–Kier alpha value is -2.36. The standard InChI is InChI=1S/C17H17FO3/c1-10-7-13(8-11(2)17(10)21-4)16(19)12-5-6-15(20-3)14(18)9-12/h5-9H,1-4H3. The van der Waals surface area contributed by atoms with Gasteiger partial charge in [-0.25, -0.2) is 4.39 Å². The number of benzene rings is 2. The highest BCUT2D eigenvalue weighted by molar-refractivity contribution is 6.09. The van der Waals surface area contributed by atoms with Crippen molar-refractivity contribution in [1.29, 1.82) is 0 Å². The second-order valence-corrected chi connectivity index (χ2v) is 4.82. The van der Waals surface area contributed by atoms with Crippen LogP contribution in [0.2, 0.25) is 0 Å². The first-order valence-corrected chi connectivity index (χ1v) is 6.51. The van der Waals surface area contributed by atoms with Crippen LogP contribution in [-0.2, 0) is 0 Å². The summed E-state index contributed by atoms with van der Waals surface area (Å²) in [5, 5.41) is 0. The highest BCUT2D eigenvalue weighted by atomic mass is 19.1. The molecule has 0 aliphatic carbocycles. The maximum Gasteiger partial charge on any atom is 0.193 e. The van der Waals surface area contributed by atoms with E-state index >= 15 is 0 Å². The molecule has 110 valence electrons. The topological polar surface area (TPSA) is 35.5 Å². The number of hydrogen-bond acceptors (Lipinski definition) is 3. The van der Waals surface area contributed by atoms with E-state index in [0.29, 0.717) is 5.56 Å². The summed E-state index contributed by atoms with van der Waals surface area (Å²) in [5.74, 6) is 0.0943. The monoisotopic (exact) mass is 288 g/mol. The van der Waals surface area contributed by atoms with Crippen molar-refractivity contribution >= 4 is 5.78 Å². The molecule has 0 saturated heterocycles. The summed E-state index contributed by atoms with van der Waals surface area (Å²) in [5.41, 5.74) is 2.54. The summed E-state index contributed by atoms with van der Waals surface area (Å²) in [6.07, 6.45) is 0. The van der Waals surface area contributed by atoms with Crippen LogP contribution in [0.4, 0.5) is 4.39 Å². The van der Waals surface area contributed by atoms with Crippen molar-refractivity contribution in [2.75, 3.05) is 14.2 Å². The van der Waals surface area contributed by atoms with E-state index in [2.05, 4.69) is 0 Å². The van der Waals surface area contributed by atoms with Crippen LogP contribution in [0.1, 0.15) is 27.0 Å². The first-order valence-electron chi connectivity index (χ1n) is 6.51. The normalized spacial score (nSPS) is 10.3. The second kappa shape index (κ2) is 5.95. The maximum atomic E-state index is 13.7. The van der Waals surface area contributed by atoms with Crippen molar-refractivity contribution in [2.45, 2.75) is 13.8 Å². The maximum absolute atomic E-state index is 13.7. The van der Waals surface area contributed by atoms with Gasteiger partial charge in [0.15, 0.2) is 17.3 Å². The zero-order chi connectivity index (χ0) is 15.6. The second-order valence-electron chi connectivity index (χ2n) is 4.82. The van der Waals surface area contributed by atoms with Crippen molar-refractivity contribution in [2.24, 2.45) is 0 Å². The molecule has 0 heterocycles. The van der Waals surface area contributed by atoms with Crippen LogP contribution in [0, 0.1) is 19.7 Å². The van der Waals surface area contributed by atoms with E-state index in [-0.39, 0.29) is 17.1 Å². The summed E-state index contributed by atoms with van der Waals surface area (Å²) >= 11 is 0. The quantitative estimate of drug-likeness (QED) is 0.805. The third kappa shape index (κ3) is 2.89. The molecular formula is C17H17FO3. The Morgan fingerprint density at radius 2 is 1.57 bits per heavy atom. The Morgan fingerprint density at radius 1 is 0.952 bits per heavy atom. The summed E-state index contributed by atoms with van der Waals surface area (Å²) in [4.78, 5) is 12.5. The minimum Gasteiger partial charge on any atom is -0.496 e. The molecule has 0 spiro atoms. The third-order valence-electron chi connectivity index (χ3n) is 3.34. The molecule has 3 nitrogen and oxygen atoms in total. The number of methoxy groups -OCH3 is 2. The van der Waals surface area contributed by atoms with Crippen LogP contribution in [0.5, 0.6) is 11.5 Å². The van der Waals surface area contributed by atoms with E-state index in [1.54, 1.807) is 25.3 Å². The molecule has 0 amide bonds. The summed E-state index contributed by atoms with van der Waals surface area (Å²) < 4.78 is 23.8. The van der Waals surface area contributed by atoms with E-state index in [1.807, 2.05) is 13.8 Å². The van der Waals surface area contributed by atoms with E-state index in [1.165, 1.54) is 19.2 Å². The molecule has 0 atom stereocenters. The van der Waals surface area contributed by atoms with Gasteiger partial charge in [0.05, 0.1) is 14.2 Å². The molecule has 2 rings (SSSR count). The lowest BCUT2D eigenvalue weighted by atomic mass is 9.98. The van der Waals surface area contributed by atoms with Gasteiger partial charge in [-0.05, 0) is 55.3 Å². The molecule has 21 heavy (non-hydrogen) atoms. The first kappa shape index (κ1) is 15.0. The molecule has 0 fully saturated rings. The fourth-order valence-electron chi connectivity index (χ4n) is 2.38. The van der Waals surface area contributed by atoms with Crippen LogP contribution in [0.25, 0.3) is 0 Å². The van der Waals surface area contributed by atoms with Crippen LogP contribution >= 0.6 is 0 Å². The number of aryl methyl sites for hydroxylation is 2. The average Bonchev–Trinajstić information content (AvgIpc) is 2.46. The molecule has 4 heteroatoms. The zero-order valence-corrected chi connectivity index (χ0v) is 12.5. The predicted molar refractivity (Wildman–Crippen MR) is 78.9 cm³/mol. The lowest BCUT2D eigenvalue weighted by Gasteiger charge is -2.11. The van der Waals surface area contributed by atoms with Crippen molar-refractivity contribution < 1.29 is 18.7 Å². The lowest BCUT2D eigenvalue weighted by molar-refractivity contribution is 0.103. The van der Waals surface area contributed by atoms with Crippen molar-refractivity contribution in [3.63, 3.8) is 0 Å². The van der Waals surface area contributed by atoms with Crippen molar-refractivity contribution in [1.82, 2.24) is 0 Å². The minimum atomic E-state index is -0.551. The molecule has 0 aromatic heterocycles. The Balaban J connectivity index is 2.43. The molecular weight excluding hydrogens is 271 g/mol. The van der Waals surface area contributed by atoms with Gasteiger partial charge in [-0.15, -0.1) is 0 Å². The van der Waals surface area contributed by atoms with Crippen LogP contribution in [0.3, 0.4) is 0 Å². The largest absolute Gasteiger partial charge is 0.496 e. The van der Waals surface area contributed by atoms with Crippen molar-refractivity contribution in [3.8, 4) is 11.5 Å². The van der Waals surface area contributed by atoms with Gasteiger partial charge >= 0.3 is 0 Å². The number of rotatable bonds is 4. The summed E-state index contributed by atoms with van der Waals surface area (Å²) in [6.45, 7) is 3.74. The molecule has 0 radical (unpaired) electrons. The van der Waals surface area contributed by atoms with Crippen molar-refractivity contribution in [3.05, 3.63) is 58.4 Å². The number of ether oxygens (including phenoxy) is 2. The first-order chi connectivity index (χ1) is 9.97. The van der Waals surface area contributed by atoms with Gasteiger partial charge in [-0.2, -0.15) is 0 Å². The van der Waals surface area contributed by atoms with Gasteiger partial charge in [-0.3, -0.25) is 4.79 Å². The lowest BCUT2D eigenvalue weighted by Crippen LogP contribution is -2.04. The van der Waals surface area contributed by atoms with Crippen LogP contribution < -0.4 is 9.47 Å². The molecule has 0 N–H and O–H groups in total. The third-order valence-corrected chi connectivity index (χ3v) is 3.34. The Morgan fingerprint density at radius 3 is 2.05 bits per heavy atom. The molecule has 0 saturated carbocycles. The van der Waals surface area contributed by atoms with Crippen LogP contribution in [-0.4, -0.2) is 20.0 Å². The predicted octanol–water partition coefficient (Wildman–Crippen LogP) is 3.69. The molecule has 0 aliphatic rings. The summed E-state index contributed by atoms with van der Waals surface area (Å²) in [6, 6.07) is 7.69. The molecule has 2 aromatic rings. The Bertz CT molecular complexity index is 669. The average molecular weight is 288 g/mol. The van der Waals surface area contributed by atoms with Gasteiger partial charge < -0.3 is 9.47 Å². The fraction of sp³-hybridized carbons (Fsp3) is 0.235. The zero-order valence-electron chi connectivity index (χ0n) is 12.5. The number of halogens is 1. The summed E-state index contributed by atoms with van der Waals surface area (Å²) in [7, 11) is 2.98. The van der Waals surface area contributed by atoms with E-state index in [0.717, 1.165) is 16.9 Å². The van der Waals surface area contributed by atoms with Gasteiger partial charge in [-0.1, -0.05) is 0 Å². The smallest absolute Gasteiger partial charge is 0.193 e. The van der Waals surface area contributed by atoms with Gasteiger partial charge in [0.2, 0.25) is 0 Å². The Kier molecular flexibility index (Phi) is 4.26. The number of hydrogen-bond donors (Lipinski definition) is 0. The fourth-order valence-corrected chi connectivity index (χ4v) is 2.38. The molecule has 2 aromatic carbocycles. The minimum absolute atomic E-state index is 0.119. The number of ketones is 1. The van der Waals surface area contributed by atoms with Gasteiger partial charge in [0.1, 0.15) is 5.75 Å². The molecule has 0 bridgehead atoms. The number of carbonyl (C=O) groups is 1. The highest BCUT2D eigenvalue weighted by Crippen LogP contribution is 2.26. The Labute approximate surface area is 123 Å².